The van der Waals surface area contributed by atoms with Gasteiger partial charge in [-0.3, -0.25) is 0 Å². The van der Waals surface area contributed by atoms with Crippen LogP contribution in [-0.4, -0.2) is 27.7 Å². The number of hydrogen-bond acceptors (Lipinski definition) is 5. The molecular weight excluding hydrogens is 296 g/mol. The van der Waals surface area contributed by atoms with Crippen LogP contribution >= 0.6 is 11.8 Å². The van der Waals surface area contributed by atoms with Gasteiger partial charge in [0.2, 0.25) is 0 Å². The molecule has 0 amide bonds. The van der Waals surface area contributed by atoms with Crippen LogP contribution in [0.4, 0.5) is 14.6 Å². The molecule has 0 bridgehead atoms. The maximum absolute atomic E-state index is 13.5. The van der Waals surface area contributed by atoms with E-state index in [-0.39, 0.29) is 24.0 Å². The van der Waals surface area contributed by atoms with E-state index in [4.69, 9.17) is 5.11 Å². The van der Waals surface area contributed by atoms with Gasteiger partial charge < -0.3 is 10.4 Å². The topological polar surface area (TPSA) is 58.0 Å². The van der Waals surface area contributed by atoms with E-state index in [1.54, 1.807) is 12.3 Å². The Morgan fingerprint density at radius 1 is 1.33 bits per heavy atom. The summed E-state index contributed by atoms with van der Waals surface area (Å²) in [7, 11) is 0. The van der Waals surface area contributed by atoms with E-state index in [0.29, 0.717) is 11.0 Å². The van der Waals surface area contributed by atoms with Crippen molar-refractivity contribution >= 4 is 17.6 Å². The third-order valence-corrected chi connectivity index (χ3v) is 3.60. The van der Waals surface area contributed by atoms with E-state index in [0.717, 1.165) is 6.07 Å². The Bertz CT molecular complexity index is 613. The molecule has 0 aliphatic rings. The molecule has 0 aliphatic heterocycles. The molecule has 0 spiro atoms. The van der Waals surface area contributed by atoms with Gasteiger partial charge in [-0.15, -0.1) is 0 Å². The largest absolute Gasteiger partial charge is 0.394 e. The Morgan fingerprint density at radius 3 is 2.90 bits per heavy atom. The molecule has 0 unspecified atom stereocenters. The van der Waals surface area contributed by atoms with E-state index in [9.17, 15) is 8.78 Å². The molecule has 0 radical (unpaired) electrons. The molecule has 1 atom stereocenters. The molecule has 2 aromatic rings. The number of rotatable bonds is 6. The van der Waals surface area contributed by atoms with Crippen LogP contribution < -0.4 is 5.32 Å². The average Bonchev–Trinajstić information content (AvgIpc) is 2.49. The molecule has 0 saturated carbocycles. The van der Waals surface area contributed by atoms with E-state index in [1.165, 1.54) is 23.9 Å². The second-order valence-electron chi connectivity index (χ2n) is 4.45. The van der Waals surface area contributed by atoms with E-state index < -0.39 is 11.6 Å². The summed E-state index contributed by atoms with van der Waals surface area (Å²) in [5, 5.41) is 12.4. The highest BCUT2D eigenvalue weighted by molar-refractivity contribution is 7.98. The lowest BCUT2D eigenvalue weighted by atomic mass is 10.2. The number of hydrogen-bond donors (Lipinski definition) is 2. The smallest absolute Gasteiger partial charge is 0.189 e. The summed E-state index contributed by atoms with van der Waals surface area (Å²) in [4.78, 5) is 8.31. The Morgan fingerprint density at radius 2 is 2.14 bits per heavy atom. The molecule has 1 aromatic carbocycles. The number of thioether (sulfide) groups is 1. The van der Waals surface area contributed by atoms with Gasteiger partial charge in [0.25, 0.3) is 0 Å². The molecule has 112 valence electrons. The maximum atomic E-state index is 13.5. The fraction of sp³-hybridized carbons (Fsp3) is 0.286. The van der Waals surface area contributed by atoms with Crippen molar-refractivity contribution in [3.63, 3.8) is 0 Å². The SMILES string of the molecule is C[C@H](CO)Nc1ccnc(SCc2cccc(F)c2F)n1. The van der Waals surface area contributed by atoms with Crippen molar-refractivity contribution in [3.05, 3.63) is 47.7 Å². The van der Waals surface area contributed by atoms with Crippen molar-refractivity contribution in [3.8, 4) is 0 Å². The van der Waals surface area contributed by atoms with Gasteiger partial charge in [-0.2, -0.15) is 0 Å². The minimum absolute atomic E-state index is 0.0129. The quantitative estimate of drug-likeness (QED) is 0.634. The summed E-state index contributed by atoms with van der Waals surface area (Å²) in [5.41, 5.74) is 0.269. The second-order valence-corrected chi connectivity index (χ2v) is 5.40. The highest BCUT2D eigenvalue weighted by atomic mass is 32.2. The van der Waals surface area contributed by atoms with E-state index in [1.807, 2.05) is 6.92 Å². The summed E-state index contributed by atoms with van der Waals surface area (Å²) in [6, 6.07) is 5.63. The van der Waals surface area contributed by atoms with Crippen molar-refractivity contribution in [2.24, 2.45) is 0 Å². The van der Waals surface area contributed by atoms with Crippen LogP contribution in [0.15, 0.2) is 35.6 Å². The van der Waals surface area contributed by atoms with Crippen molar-refractivity contribution in [2.45, 2.75) is 23.9 Å². The molecule has 4 nitrogen and oxygen atoms in total. The van der Waals surface area contributed by atoms with Gasteiger partial charge in [-0.05, 0) is 19.1 Å². The number of nitrogens with zero attached hydrogens (tertiary/aromatic N) is 2. The average molecular weight is 311 g/mol. The molecule has 7 heteroatoms. The van der Waals surface area contributed by atoms with Crippen LogP contribution in [-0.2, 0) is 5.75 Å². The molecule has 2 N–H and O–H groups in total. The number of anilines is 1. The van der Waals surface area contributed by atoms with E-state index in [2.05, 4.69) is 15.3 Å². The molecular formula is C14H15F2N3OS. The van der Waals surface area contributed by atoms with Crippen LogP contribution in [0.2, 0.25) is 0 Å². The normalized spacial score (nSPS) is 12.2. The summed E-state index contributed by atoms with van der Waals surface area (Å²) < 4.78 is 26.6. The van der Waals surface area contributed by atoms with Gasteiger partial charge in [0.05, 0.1) is 6.61 Å². The molecule has 21 heavy (non-hydrogen) atoms. The maximum Gasteiger partial charge on any atom is 0.189 e. The fourth-order valence-corrected chi connectivity index (χ4v) is 2.40. The predicted molar refractivity (Wildman–Crippen MR) is 78.1 cm³/mol. The highest BCUT2D eigenvalue weighted by Crippen LogP contribution is 2.23. The molecule has 0 fully saturated rings. The monoisotopic (exact) mass is 311 g/mol. The third-order valence-electron chi connectivity index (χ3n) is 2.69. The van der Waals surface area contributed by atoms with Crippen LogP contribution in [0.1, 0.15) is 12.5 Å². The molecule has 1 aromatic heterocycles. The number of aliphatic hydroxyl groups is 1. The second kappa shape index (κ2) is 7.33. The third kappa shape index (κ3) is 4.37. The van der Waals surface area contributed by atoms with Crippen LogP contribution in [0.5, 0.6) is 0 Å². The first-order valence-electron chi connectivity index (χ1n) is 6.36. The summed E-state index contributed by atoms with van der Waals surface area (Å²) in [5.74, 6) is -0.883. The lowest BCUT2D eigenvalue weighted by Gasteiger charge is -2.11. The number of aliphatic hydroxyl groups excluding tert-OH is 1. The Kier molecular flexibility index (Phi) is 5.46. The van der Waals surface area contributed by atoms with Crippen LogP contribution in [0.3, 0.4) is 0 Å². The van der Waals surface area contributed by atoms with Crippen molar-refractivity contribution in [2.75, 3.05) is 11.9 Å². The van der Waals surface area contributed by atoms with Gasteiger partial charge >= 0.3 is 0 Å². The van der Waals surface area contributed by atoms with Crippen molar-refractivity contribution in [1.29, 1.82) is 0 Å². The molecule has 0 aliphatic carbocycles. The van der Waals surface area contributed by atoms with Crippen molar-refractivity contribution < 1.29 is 13.9 Å². The zero-order valence-electron chi connectivity index (χ0n) is 11.4. The number of aromatic nitrogens is 2. The molecule has 1 heterocycles. The fourth-order valence-electron chi connectivity index (χ4n) is 1.59. The number of nitrogens with one attached hydrogen (secondary N) is 1. The Labute approximate surface area is 125 Å². The highest BCUT2D eigenvalue weighted by Gasteiger charge is 2.09. The minimum Gasteiger partial charge on any atom is -0.394 e. The van der Waals surface area contributed by atoms with E-state index >= 15 is 0 Å². The van der Waals surface area contributed by atoms with Gasteiger partial charge in [0.15, 0.2) is 16.8 Å². The van der Waals surface area contributed by atoms with Crippen molar-refractivity contribution in [1.82, 2.24) is 9.97 Å². The first kappa shape index (κ1) is 15.7. The van der Waals surface area contributed by atoms with Gasteiger partial charge in [-0.1, -0.05) is 23.9 Å². The Hall–Kier alpha value is -1.73. The van der Waals surface area contributed by atoms with Crippen LogP contribution in [0.25, 0.3) is 0 Å². The lowest BCUT2D eigenvalue weighted by Crippen LogP contribution is -2.20. The standard InChI is InChI=1S/C14H15F2N3OS/c1-9(7-20)18-12-5-6-17-14(19-12)21-8-10-3-2-4-11(15)13(10)16/h2-6,9,20H,7-8H2,1H3,(H,17,18,19)/t9-/m1/s1. The zero-order valence-corrected chi connectivity index (χ0v) is 12.2. The minimum atomic E-state index is -0.860. The van der Waals surface area contributed by atoms with Gasteiger partial charge in [0.1, 0.15) is 5.82 Å². The summed E-state index contributed by atoms with van der Waals surface area (Å²) in [6.45, 7) is 1.80. The lowest BCUT2D eigenvalue weighted by molar-refractivity contribution is 0.281. The summed E-state index contributed by atoms with van der Waals surface area (Å²) in [6.07, 6.45) is 1.57. The van der Waals surface area contributed by atoms with Crippen LogP contribution in [0, 0.1) is 11.6 Å². The predicted octanol–water partition coefficient (Wildman–Crippen LogP) is 2.84. The van der Waals surface area contributed by atoms with Gasteiger partial charge in [0, 0.05) is 23.6 Å². The first-order chi connectivity index (χ1) is 10.1. The number of halogens is 2. The Balaban J connectivity index is 2.03. The first-order valence-corrected chi connectivity index (χ1v) is 7.35. The van der Waals surface area contributed by atoms with Gasteiger partial charge in [-0.25, -0.2) is 18.7 Å². The number of benzene rings is 1. The molecule has 0 saturated heterocycles. The molecule has 2 rings (SSSR count). The summed E-state index contributed by atoms with van der Waals surface area (Å²) >= 11 is 1.21. The zero-order chi connectivity index (χ0) is 15.2.